The number of ether oxygens (including phenoxy) is 1. The van der Waals surface area contributed by atoms with Gasteiger partial charge in [0.25, 0.3) is 5.91 Å². The number of urea groups is 1. The second kappa shape index (κ2) is 9.48. The molecule has 0 saturated carbocycles. The minimum Gasteiger partial charge on any atom is -0.488 e. The fourth-order valence-electron chi connectivity index (χ4n) is 3.21. The van der Waals surface area contributed by atoms with Crippen LogP contribution in [0, 0.1) is 0 Å². The fraction of sp³-hybridized carbons (Fsp3) is 0.0417. The predicted octanol–water partition coefficient (Wildman–Crippen LogP) is 5.48. The molecule has 7 nitrogen and oxygen atoms in total. The van der Waals surface area contributed by atoms with E-state index in [1.165, 1.54) is 6.07 Å². The molecule has 166 valence electrons. The molecule has 1 saturated heterocycles. The van der Waals surface area contributed by atoms with Gasteiger partial charge in [0.2, 0.25) is 0 Å². The van der Waals surface area contributed by atoms with Gasteiger partial charge in [-0.15, -0.1) is 0 Å². The summed E-state index contributed by atoms with van der Waals surface area (Å²) in [7, 11) is 0. The smallest absolute Gasteiger partial charge is 0.335 e. The highest BCUT2D eigenvalue weighted by Gasteiger charge is 2.34. The zero-order valence-electron chi connectivity index (χ0n) is 16.9. The first-order valence-electron chi connectivity index (χ1n) is 9.69. The number of aromatic carboxylic acids is 1. The van der Waals surface area contributed by atoms with E-state index in [0.29, 0.717) is 26.5 Å². The highest BCUT2D eigenvalue weighted by Crippen LogP contribution is 2.29. The molecule has 0 radical (unpaired) electrons. The van der Waals surface area contributed by atoms with Gasteiger partial charge in [0.1, 0.15) is 18.1 Å². The molecule has 3 amide bonds. The van der Waals surface area contributed by atoms with Crippen LogP contribution in [0.4, 0.5) is 10.5 Å². The fourth-order valence-corrected chi connectivity index (χ4v) is 3.84. The molecule has 0 aliphatic carbocycles. The van der Waals surface area contributed by atoms with Crippen LogP contribution in [-0.4, -0.2) is 23.0 Å². The van der Waals surface area contributed by atoms with Crippen LogP contribution in [0.2, 0.25) is 5.02 Å². The van der Waals surface area contributed by atoms with E-state index in [-0.39, 0.29) is 17.9 Å². The summed E-state index contributed by atoms with van der Waals surface area (Å²) in [6.07, 6.45) is 1.57. The van der Waals surface area contributed by atoms with Crippen molar-refractivity contribution in [2.24, 2.45) is 0 Å². The largest absolute Gasteiger partial charge is 0.488 e. The normalized spacial score (nSPS) is 14.5. The zero-order chi connectivity index (χ0) is 23.5. The van der Waals surface area contributed by atoms with Gasteiger partial charge in [-0.05, 0) is 81.7 Å². The van der Waals surface area contributed by atoms with Gasteiger partial charge in [0.05, 0.1) is 15.7 Å². The van der Waals surface area contributed by atoms with Crippen LogP contribution < -0.4 is 15.0 Å². The van der Waals surface area contributed by atoms with Gasteiger partial charge < -0.3 is 15.2 Å². The summed E-state index contributed by atoms with van der Waals surface area (Å²) in [6, 6.07) is 17.6. The number of hydrogen-bond acceptors (Lipinski definition) is 4. The topological polar surface area (TPSA) is 95.9 Å². The van der Waals surface area contributed by atoms with Crippen LogP contribution in [0.1, 0.15) is 21.5 Å². The number of carboxylic acid groups (broad SMARTS) is 1. The summed E-state index contributed by atoms with van der Waals surface area (Å²) >= 11 is 9.32. The van der Waals surface area contributed by atoms with E-state index in [0.717, 1.165) is 10.5 Å². The maximum Gasteiger partial charge on any atom is 0.335 e. The number of benzene rings is 3. The Morgan fingerprint density at radius 2 is 1.85 bits per heavy atom. The summed E-state index contributed by atoms with van der Waals surface area (Å²) < 4.78 is 6.43. The number of carbonyl (C=O) groups is 3. The van der Waals surface area contributed by atoms with Gasteiger partial charge in [-0.25, -0.2) is 14.5 Å². The van der Waals surface area contributed by atoms with Crippen molar-refractivity contribution in [3.05, 3.63) is 98.6 Å². The predicted molar refractivity (Wildman–Crippen MR) is 127 cm³/mol. The summed E-state index contributed by atoms with van der Waals surface area (Å²) in [6.45, 7) is 0.185. The average molecular weight is 528 g/mol. The molecular formula is C24H16BrClN2O5. The molecule has 33 heavy (non-hydrogen) atoms. The number of rotatable bonds is 6. The van der Waals surface area contributed by atoms with Crippen molar-refractivity contribution in [2.75, 3.05) is 4.90 Å². The molecule has 2 N–H and O–H groups in total. The maximum absolute atomic E-state index is 12.8. The van der Waals surface area contributed by atoms with E-state index in [1.54, 1.807) is 66.7 Å². The molecule has 1 aliphatic heterocycles. The zero-order valence-corrected chi connectivity index (χ0v) is 19.3. The van der Waals surface area contributed by atoms with E-state index in [9.17, 15) is 14.4 Å². The second-order valence-electron chi connectivity index (χ2n) is 7.09. The number of hydrogen-bond donors (Lipinski definition) is 2. The van der Waals surface area contributed by atoms with Crippen LogP contribution in [0.25, 0.3) is 6.08 Å². The van der Waals surface area contributed by atoms with Crippen molar-refractivity contribution >= 4 is 57.2 Å². The molecule has 3 aromatic carbocycles. The molecular weight excluding hydrogens is 512 g/mol. The molecule has 0 aromatic heterocycles. The summed E-state index contributed by atoms with van der Waals surface area (Å²) in [5, 5.41) is 12.2. The number of halogens is 2. The molecule has 0 unspecified atom stereocenters. The van der Waals surface area contributed by atoms with Gasteiger partial charge in [0, 0.05) is 5.02 Å². The molecule has 9 heteroatoms. The first-order valence-corrected chi connectivity index (χ1v) is 10.9. The van der Waals surface area contributed by atoms with Gasteiger partial charge >= 0.3 is 12.0 Å². The third-order valence-corrected chi connectivity index (χ3v) is 5.67. The van der Waals surface area contributed by atoms with Crippen molar-refractivity contribution in [3.8, 4) is 5.75 Å². The Hall–Kier alpha value is -3.62. The number of imide groups is 1. The molecule has 0 atom stereocenters. The van der Waals surface area contributed by atoms with Crippen molar-refractivity contribution in [1.29, 1.82) is 0 Å². The Labute approximate surface area is 202 Å². The highest BCUT2D eigenvalue weighted by atomic mass is 79.9. The number of amides is 3. The number of anilines is 1. The quantitative estimate of drug-likeness (QED) is 0.327. The molecule has 3 aromatic rings. The second-order valence-corrected chi connectivity index (χ2v) is 8.38. The lowest BCUT2D eigenvalue weighted by atomic mass is 10.1. The Kier molecular flexibility index (Phi) is 6.48. The summed E-state index contributed by atoms with van der Waals surface area (Å²) in [5.74, 6) is -0.932. The van der Waals surface area contributed by atoms with E-state index in [1.807, 2.05) is 0 Å². The van der Waals surface area contributed by atoms with Crippen molar-refractivity contribution in [3.63, 3.8) is 0 Å². The Morgan fingerprint density at radius 3 is 2.55 bits per heavy atom. The molecule has 4 rings (SSSR count). The molecule has 0 bridgehead atoms. The third-order valence-electron chi connectivity index (χ3n) is 4.80. The first-order chi connectivity index (χ1) is 15.8. The summed E-state index contributed by atoms with van der Waals surface area (Å²) in [4.78, 5) is 37.2. The number of carbonyl (C=O) groups excluding carboxylic acids is 2. The van der Waals surface area contributed by atoms with Crippen molar-refractivity contribution in [1.82, 2.24) is 5.32 Å². The first kappa shape index (κ1) is 22.6. The van der Waals surface area contributed by atoms with Gasteiger partial charge in [-0.2, -0.15) is 0 Å². The van der Waals surface area contributed by atoms with Crippen molar-refractivity contribution in [2.45, 2.75) is 6.61 Å². The van der Waals surface area contributed by atoms with E-state index < -0.39 is 17.9 Å². The monoisotopic (exact) mass is 526 g/mol. The van der Waals surface area contributed by atoms with Gasteiger partial charge in [-0.3, -0.25) is 4.79 Å². The van der Waals surface area contributed by atoms with E-state index in [2.05, 4.69) is 21.2 Å². The highest BCUT2D eigenvalue weighted by molar-refractivity contribution is 9.10. The summed E-state index contributed by atoms with van der Waals surface area (Å²) in [5.41, 5.74) is 2.13. The Bertz CT molecular complexity index is 1290. The van der Waals surface area contributed by atoms with Crippen LogP contribution >= 0.6 is 27.5 Å². The lowest BCUT2D eigenvalue weighted by Crippen LogP contribution is -2.30. The number of carboxylic acids is 1. The Balaban J connectivity index is 1.48. The minimum atomic E-state index is -1.00. The average Bonchev–Trinajstić information content (AvgIpc) is 3.07. The lowest BCUT2D eigenvalue weighted by molar-refractivity contribution is -0.113. The van der Waals surface area contributed by atoms with Crippen LogP contribution in [0.3, 0.4) is 0 Å². The SMILES string of the molecule is O=C(O)c1cccc(COc2ccc(/C=C3/NC(=O)N(c4ccc(Cl)cc4)C3=O)cc2Br)c1. The molecule has 1 aliphatic rings. The van der Waals surface area contributed by atoms with Crippen LogP contribution in [0.15, 0.2) is 76.9 Å². The standard InChI is InChI=1S/C24H16BrClN2O5/c25-19-11-14(4-9-21(19)33-13-15-2-1-3-16(10-15)23(30)31)12-20-22(29)28(24(32)27-20)18-7-5-17(26)6-8-18/h1-12H,13H2,(H,27,32)(H,30,31)/b20-12+. The molecule has 1 fully saturated rings. The van der Waals surface area contributed by atoms with Crippen molar-refractivity contribution < 1.29 is 24.2 Å². The van der Waals surface area contributed by atoms with Crippen LogP contribution in [-0.2, 0) is 11.4 Å². The Morgan fingerprint density at radius 1 is 1.09 bits per heavy atom. The molecule has 0 spiro atoms. The van der Waals surface area contributed by atoms with E-state index >= 15 is 0 Å². The third kappa shape index (κ3) is 5.08. The molecule has 1 heterocycles. The van der Waals surface area contributed by atoms with Crippen LogP contribution in [0.5, 0.6) is 5.75 Å². The number of nitrogens with one attached hydrogen (secondary N) is 1. The minimum absolute atomic E-state index is 0.140. The lowest BCUT2D eigenvalue weighted by Gasteiger charge is -2.11. The van der Waals surface area contributed by atoms with E-state index in [4.69, 9.17) is 21.4 Å². The van der Waals surface area contributed by atoms with Gasteiger partial charge in [-0.1, -0.05) is 29.8 Å². The number of nitrogens with zero attached hydrogens (tertiary/aromatic N) is 1. The van der Waals surface area contributed by atoms with Gasteiger partial charge in [0.15, 0.2) is 0 Å². The maximum atomic E-state index is 12.8.